The predicted octanol–water partition coefficient (Wildman–Crippen LogP) is 3.43. The van der Waals surface area contributed by atoms with Crippen LogP contribution in [0.25, 0.3) is 5.65 Å². The molecule has 0 bridgehead atoms. The van der Waals surface area contributed by atoms with Gasteiger partial charge in [-0.3, -0.25) is 4.79 Å². The van der Waals surface area contributed by atoms with Crippen molar-refractivity contribution in [1.82, 2.24) is 19.5 Å². The number of piperidine rings is 1. The molecule has 7 heteroatoms. The van der Waals surface area contributed by atoms with E-state index in [1.54, 1.807) is 9.42 Å². The summed E-state index contributed by atoms with van der Waals surface area (Å²) in [6.45, 7) is 6.68. The summed E-state index contributed by atoms with van der Waals surface area (Å²) in [7, 11) is 0. The second-order valence-corrected chi connectivity index (χ2v) is 7.95. The molecule has 1 aliphatic heterocycles. The van der Waals surface area contributed by atoms with E-state index in [9.17, 15) is 9.90 Å². The van der Waals surface area contributed by atoms with Gasteiger partial charge < -0.3 is 10.0 Å². The number of aryl methyl sites for hydroxylation is 3. The van der Waals surface area contributed by atoms with Crippen LogP contribution >= 0.6 is 11.6 Å². The summed E-state index contributed by atoms with van der Waals surface area (Å²) in [4.78, 5) is 19.2. The van der Waals surface area contributed by atoms with Gasteiger partial charge in [-0.2, -0.15) is 5.10 Å². The van der Waals surface area contributed by atoms with Crippen LogP contribution in [0.5, 0.6) is 0 Å². The molecule has 0 radical (unpaired) electrons. The van der Waals surface area contributed by atoms with E-state index in [-0.39, 0.29) is 16.6 Å². The fraction of sp³-hybridized carbons (Fsp3) is 0.381. The number of halogens is 1. The SMILES string of the molecule is Cc1cc(C)n2nc(C(=O)N3CCC(O)(c4ccccc4C)CC3)c(Cl)c2n1. The molecule has 146 valence electrons. The Kier molecular flexibility index (Phi) is 4.63. The average Bonchev–Trinajstić information content (AvgIpc) is 2.99. The molecule has 0 aliphatic carbocycles. The molecule has 4 rings (SSSR count). The normalized spacial score (nSPS) is 16.5. The summed E-state index contributed by atoms with van der Waals surface area (Å²) in [6, 6.07) is 9.75. The van der Waals surface area contributed by atoms with Gasteiger partial charge in [0.2, 0.25) is 0 Å². The van der Waals surface area contributed by atoms with Crippen LogP contribution in [0.3, 0.4) is 0 Å². The van der Waals surface area contributed by atoms with E-state index in [2.05, 4.69) is 10.1 Å². The molecule has 1 aromatic carbocycles. The Bertz CT molecular complexity index is 1070. The van der Waals surface area contributed by atoms with Crippen molar-refractivity contribution in [2.24, 2.45) is 0 Å². The van der Waals surface area contributed by atoms with E-state index < -0.39 is 5.60 Å². The van der Waals surface area contributed by atoms with E-state index in [0.29, 0.717) is 31.6 Å². The van der Waals surface area contributed by atoms with Gasteiger partial charge in [0, 0.05) is 24.5 Å². The van der Waals surface area contributed by atoms with Crippen molar-refractivity contribution >= 4 is 23.2 Å². The first-order chi connectivity index (χ1) is 13.3. The molecule has 1 saturated heterocycles. The van der Waals surface area contributed by atoms with Gasteiger partial charge in [-0.15, -0.1) is 0 Å². The highest BCUT2D eigenvalue weighted by molar-refractivity contribution is 6.36. The number of nitrogens with zero attached hydrogens (tertiary/aromatic N) is 4. The molecular formula is C21H23ClN4O2. The van der Waals surface area contributed by atoms with Crippen LogP contribution in [-0.2, 0) is 5.60 Å². The molecule has 3 heterocycles. The van der Waals surface area contributed by atoms with Gasteiger partial charge in [0.15, 0.2) is 11.3 Å². The maximum atomic E-state index is 13.1. The summed E-state index contributed by atoms with van der Waals surface area (Å²) < 4.78 is 1.61. The molecule has 6 nitrogen and oxygen atoms in total. The van der Waals surface area contributed by atoms with Crippen molar-refractivity contribution < 1.29 is 9.90 Å². The van der Waals surface area contributed by atoms with Crippen molar-refractivity contribution in [3.63, 3.8) is 0 Å². The maximum absolute atomic E-state index is 13.1. The number of aromatic nitrogens is 3. The lowest BCUT2D eigenvalue weighted by Gasteiger charge is -2.39. The Morgan fingerprint density at radius 2 is 1.86 bits per heavy atom. The number of likely N-dealkylation sites (tertiary alicyclic amines) is 1. The third-order valence-corrected chi connectivity index (χ3v) is 5.91. The highest BCUT2D eigenvalue weighted by Gasteiger charge is 2.37. The molecule has 1 aliphatic rings. The zero-order valence-electron chi connectivity index (χ0n) is 16.2. The second kappa shape index (κ2) is 6.87. The molecule has 0 atom stereocenters. The van der Waals surface area contributed by atoms with Gasteiger partial charge in [0.05, 0.1) is 5.60 Å². The number of hydrogen-bond donors (Lipinski definition) is 1. The number of amides is 1. The first-order valence-corrected chi connectivity index (χ1v) is 9.78. The largest absolute Gasteiger partial charge is 0.385 e. The quantitative estimate of drug-likeness (QED) is 0.717. The zero-order valence-corrected chi connectivity index (χ0v) is 17.0. The van der Waals surface area contributed by atoms with Gasteiger partial charge in [0.25, 0.3) is 5.91 Å². The van der Waals surface area contributed by atoms with Gasteiger partial charge in [-0.1, -0.05) is 35.9 Å². The lowest BCUT2D eigenvalue weighted by Crippen LogP contribution is -2.45. The topological polar surface area (TPSA) is 70.7 Å². The molecule has 1 amide bonds. The minimum Gasteiger partial charge on any atom is -0.385 e. The highest BCUT2D eigenvalue weighted by Crippen LogP contribution is 2.35. The molecule has 2 aromatic heterocycles. The average molecular weight is 399 g/mol. The number of carbonyl (C=O) groups is 1. The first-order valence-electron chi connectivity index (χ1n) is 9.40. The number of rotatable bonds is 2. The standard InChI is InChI=1S/C21H23ClN4O2/c1-13-6-4-5-7-16(13)21(28)8-10-25(11-9-21)20(27)18-17(22)19-23-14(2)12-15(3)26(19)24-18/h4-7,12,28H,8-11H2,1-3H3. The zero-order chi connectivity index (χ0) is 20.1. The van der Waals surface area contributed by atoms with Crippen LogP contribution < -0.4 is 0 Å². The highest BCUT2D eigenvalue weighted by atomic mass is 35.5. The smallest absolute Gasteiger partial charge is 0.276 e. The van der Waals surface area contributed by atoms with E-state index >= 15 is 0 Å². The fourth-order valence-corrected chi connectivity index (χ4v) is 4.27. The van der Waals surface area contributed by atoms with Crippen LogP contribution in [0.4, 0.5) is 0 Å². The Morgan fingerprint density at radius 1 is 1.18 bits per heavy atom. The van der Waals surface area contributed by atoms with Gasteiger partial charge in [0.1, 0.15) is 5.02 Å². The van der Waals surface area contributed by atoms with Crippen molar-refractivity contribution in [3.05, 3.63) is 63.6 Å². The van der Waals surface area contributed by atoms with Crippen molar-refractivity contribution in [3.8, 4) is 0 Å². The molecule has 0 unspecified atom stereocenters. The van der Waals surface area contributed by atoms with Gasteiger partial charge in [-0.05, 0) is 50.8 Å². The maximum Gasteiger partial charge on any atom is 0.276 e. The summed E-state index contributed by atoms with van der Waals surface area (Å²) in [5, 5.41) is 15.8. The molecule has 0 saturated carbocycles. The summed E-state index contributed by atoms with van der Waals surface area (Å²) in [6.07, 6.45) is 0.954. The predicted molar refractivity (Wildman–Crippen MR) is 108 cm³/mol. The van der Waals surface area contributed by atoms with Crippen molar-refractivity contribution in [1.29, 1.82) is 0 Å². The Morgan fingerprint density at radius 3 is 2.54 bits per heavy atom. The molecule has 1 fully saturated rings. The second-order valence-electron chi connectivity index (χ2n) is 7.58. The summed E-state index contributed by atoms with van der Waals surface area (Å²) in [5.74, 6) is -0.223. The third kappa shape index (κ3) is 3.06. The van der Waals surface area contributed by atoms with Crippen LogP contribution in [0.15, 0.2) is 30.3 Å². The van der Waals surface area contributed by atoms with Gasteiger partial charge >= 0.3 is 0 Å². The minimum atomic E-state index is -0.917. The number of fused-ring (bicyclic) bond motifs is 1. The van der Waals surface area contributed by atoms with Crippen molar-refractivity contribution in [2.45, 2.75) is 39.2 Å². The van der Waals surface area contributed by atoms with E-state index in [1.807, 2.05) is 51.1 Å². The van der Waals surface area contributed by atoms with E-state index in [1.165, 1.54) is 0 Å². The minimum absolute atomic E-state index is 0.212. The molecule has 1 N–H and O–H groups in total. The first kappa shape index (κ1) is 18.9. The van der Waals surface area contributed by atoms with E-state index in [4.69, 9.17) is 11.6 Å². The lowest BCUT2D eigenvalue weighted by molar-refractivity contribution is -0.0217. The molecule has 3 aromatic rings. The van der Waals surface area contributed by atoms with E-state index in [0.717, 1.165) is 22.5 Å². The van der Waals surface area contributed by atoms with Crippen LogP contribution in [0.1, 0.15) is 45.8 Å². The third-order valence-electron chi connectivity index (χ3n) is 5.57. The van der Waals surface area contributed by atoms with Crippen LogP contribution in [0.2, 0.25) is 5.02 Å². The monoisotopic (exact) mass is 398 g/mol. The Balaban J connectivity index is 1.58. The van der Waals surface area contributed by atoms with Gasteiger partial charge in [-0.25, -0.2) is 9.50 Å². The van der Waals surface area contributed by atoms with Crippen LogP contribution in [0, 0.1) is 20.8 Å². The Hall–Kier alpha value is -2.44. The molecular weight excluding hydrogens is 376 g/mol. The Labute approximate surface area is 168 Å². The molecule has 0 spiro atoms. The number of carbonyl (C=O) groups excluding carboxylic acids is 1. The number of hydrogen-bond acceptors (Lipinski definition) is 4. The number of benzene rings is 1. The number of aliphatic hydroxyl groups is 1. The summed E-state index contributed by atoms with van der Waals surface area (Å²) >= 11 is 6.45. The lowest BCUT2D eigenvalue weighted by atomic mass is 9.82. The van der Waals surface area contributed by atoms with Crippen LogP contribution in [-0.4, -0.2) is 43.6 Å². The fourth-order valence-electron chi connectivity index (χ4n) is 4.03. The molecule has 28 heavy (non-hydrogen) atoms. The van der Waals surface area contributed by atoms with Crippen molar-refractivity contribution in [2.75, 3.05) is 13.1 Å². The summed E-state index contributed by atoms with van der Waals surface area (Å²) in [5.41, 5.74) is 3.48.